The van der Waals surface area contributed by atoms with Crippen LogP contribution in [0.5, 0.6) is 5.75 Å². The van der Waals surface area contributed by atoms with E-state index in [1.54, 1.807) is 17.6 Å². The first-order chi connectivity index (χ1) is 11.2. The number of anilines is 1. The summed E-state index contributed by atoms with van der Waals surface area (Å²) >= 11 is 1.29. The number of rotatable bonds is 4. The molecule has 0 radical (unpaired) electrons. The smallest absolute Gasteiger partial charge is 0.324 e. The largest absolute Gasteiger partial charge is 0.508 e. The van der Waals surface area contributed by atoms with E-state index < -0.39 is 0 Å². The predicted molar refractivity (Wildman–Crippen MR) is 89.5 cm³/mol. The Morgan fingerprint density at radius 1 is 1.30 bits per heavy atom. The van der Waals surface area contributed by atoms with E-state index in [9.17, 15) is 9.90 Å². The topological polar surface area (TPSA) is 78.4 Å². The average molecular weight is 332 g/mol. The minimum absolute atomic E-state index is 0.183. The molecule has 0 spiro atoms. The van der Waals surface area contributed by atoms with Crippen molar-refractivity contribution in [3.63, 3.8) is 0 Å². The molecule has 2 N–H and O–H groups in total. The quantitative estimate of drug-likeness (QED) is 0.896. The summed E-state index contributed by atoms with van der Waals surface area (Å²) in [5.41, 5.74) is 2.34. The van der Waals surface area contributed by atoms with Gasteiger partial charge in [0.2, 0.25) is 5.13 Å². The van der Waals surface area contributed by atoms with E-state index in [1.165, 1.54) is 17.8 Å². The van der Waals surface area contributed by atoms with Crippen molar-refractivity contribution in [2.45, 2.75) is 44.7 Å². The number of phenols is 1. The predicted octanol–water partition coefficient (Wildman–Crippen LogP) is 3.61. The molecule has 0 aliphatic heterocycles. The molecule has 1 fully saturated rings. The van der Waals surface area contributed by atoms with Crippen molar-refractivity contribution in [2.75, 3.05) is 5.32 Å². The zero-order valence-corrected chi connectivity index (χ0v) is 13.6. The van der Waals surface area contributed by atoms with Gasteiger partial charge in [0.25, 0.3) is 0 Å². The van der Waals surface area contributed by atoms with Crippen LogP contribution in [0.2, 0.25) is 0 Å². The molecule has 0 atom stereocenters. The number of hydrogen-bond acceptors (Lipinski definition) is 5. The lowest BCUT2D eigenvalue weighted by atomic mass is 9.94. The van der Waals surface area contributed by atoms with Crippen LogP contribution in [0, 0.1) is 0 Å². The Labute approximate surface area is 139 Å². The highest BCUT2D eigenvalue weighted by Crippen LogP contribution is 2.27. The maximum absolute atomic E-state index is 12.7. The van der Waals surface area contributed by atoms with Crippen molar-refractivity contribution in [2.24, 2.45) is 0 Å². The summed E-state index contributed by atoms with van der Waals surface area (Å²) in [4.78, 5) is 14.5. The number of amides is 2. The summed E-state index contributed by atoms with van der Waals surface area (Å²) in [7, 11) is 0. The van der Waals surface area contributed by atoms with Gasteiger partial charge < -0.3 is 10.0 Å². The number of hydrogen-bond donors (Lipinski definition) is 2. The molecule has 2 amide bonds. The summed E-state index contributed by atoms with van der Waals surface area (Å²) < 4.78 is 0. The molecular formula is C16H20N4O2S. The van der Waals surface area contributed by atoms with Crippen molar-refractivity contribution >= 4 is 22.5 Å². The van der Waals surface area contributed by atoms with E-state index in [4.69, 9.17) is 0 Å². The Morgan fingerprint density at radius 2 is 2.09 bits per heavy atom. The van der Waals surface area contributed by atoms with E-state index in [0.29, 0.717) is 11.7 Å². The van der Waals surface area contributed by atoms with Crippen molar-refractivity contribution in [3.8, 4) is 5.75 Å². The Kier molecular flexibility index (Phi) is 5.07. The first-order valence-electron chi connectivity index (χ1n) is 7.84. The third-order valence-electron chi connectivity index (χ3n) is 4.18. The van der Waals surface area contributed by atoms with Gasteiger partial charge in [0.05, 0.1) is 6.54 Å². The molecule has 1 aromatic carbocycles. The molecule has 1 saturated carbocycles. The van der Waals surface area contributed by atoms with Crippen LogP contribution in [0.4, 0.5) is 9.93 Å². The van der Waals surface area contributed by atoms with E-state index >= 15 is 0 Å². The molecule has 0 bridgehead atoms. The Bertz CT molecular complexity index is 641. The van der Waals surface area contributed by atoms with Gasteiger partial charge in [-0.25, -0.2) is 4.79 Å². The molecule has 122 valence electrons. The van der Waals surface area contributed by atoms with E-state index in [2.05, 4.69) is 15.5 Å². The first-order valence-corrected chi connectivity index (χ1v) is 8.72. The van der Waals surface area contributed by atoms with Gasteiger partial charge in [-0.05, 0) is 18.9 Å². The molecular weight excluding hydrogens is 312 g/mol. The van der Waals surface area contributed by atoms with Gasteiger partial charge in [0.1, 0.15) is 11.3 Å². The Hall–Kier alpha value is -2.15. The summed E-state index contributed by atoms with van der Waals surface area (Å²) in [6.07, 6.45) is 5.48. The Morgan fingerprint density at radius 3 is 2.78 bits per heavy atom. The molecule has 1 aliphatic carbocycles. The summed E-state index contributed by atoms with van der Waals surface area (Å²) in [6, 6.07) is 7.16. The minimum Gasteiger partial charge on any atom is -0.508 e. The fourth-order valence-electron chi connectivity index (χ4n) is 2.98. The van der Waals surface area contributed by atoms with E-state index in [-0.39, 0.29) is 17.8 Å². The van der Waals surface area contributed by atoms with Gasteiger partial charge in [0.15, 0.2) is 0 Å². The number of carbonyl (C=O) groups is 1. The number of urea groups is 1. The van der Waals surface area contributed by atoms with Crippen LogP contribution in [-0.4, -0.2) is 32.3 Å². The lowest BCUT2D eigenvalue weighted by molar-refractivity contribution is 0.162. The van der Waals surface area contributed by atoms with Gasteiger partial charge in [-0.3, -0.25) is 5.32 Å². The van der Waals surface area contributed by atoms with Crippen LogP contribution in [-0.2, 0) is 6.54 Å². The molecule has 7 heteroatoms. The maximum Gasteiger partial charge on any atom is 0.324 e. The third kappa shape index (κ3) is 3.98. The first kappa shape index (κ1) is 15.7. The molecule has 2 aromatic rings. The zero-order chi connectivity index (χ0) is 16.1. The summed E-state index contributed by atoms with van der Waals surface area (Å²) in [6.45, 7) is 0.391. The van der Waals surface area contributed by atoms with Crippen molar-refractivity contribution in [1.82, 2.24) is 15.1 Å². The number of nitrogens with one attached hydrogen (secondary N) is 1. The number of nitrogens with zero attached hydrogens (tertiary/aromatic N) is 3. The number of aromatic nitrogens is 2. The SMILES string of the molecule is O=C(Nc1nncs1)N(Cc1ccccc1O)C1CCCCC1. The zero-order valence-electron chi connectivity index (χ0n) is 12.8. The van der Waals surface area contributed by atoms with Crippen LogP contribution in [0.1, 0.15) is 37.7 Å². The molecule has 23 heavy (non-hydrogen) atoms. The van der Waals surface area contributed by atoms with Gasteiger partial charge >= 0.3 is 6.03 Å². The highest BCUT2D eigenvalue weighted by atomic mass is 32.1. The fourth-order valence-corrected chi connectivity index (χ4v) is 3.41. The number of aromatic hydroxyl groups is 1. The minimum atomic E-state index is -0.183. The average Bonchev–Trinajstić information content (AvgIpc) is 3.08. The van der Waals surface area contributed by atoms with E-state index in [0.717, 1.165) is 31.2 Å². The van der Waals surface area contributed by atoms with Gasteiger partial charge in [-0.1, -0.05) is 48.8 Å². The third-order valence-corrected chi connectivity index (χ3v) is 4.79. The van der Waals surface area contributed by atoms with E-state index in [1.807, 2.05) is 17.0 Å². The number of para-hydroxylation sites is 1. The van der Waals surface area contributed by atoms with Crippen molar-refractivity contribution in [1.29, 1.82) is 0 Å². The number of phenolic OH excluding ortho intramolecular Hbond substituents is 1. The Balaban J connectivity index is 1.78. The molecule has 1 heterocycles. The van der Waals surface area contributed by atoms with Crippen LogP contribution in [0.15, 0.2) is 29.8 Å². The maximum atomic E-state index is 12.7. The molecule has 1 aromatic heterocycles. The molecule has 1 aliphatic rings. The van der Waals surface area contributed by atoms with Crippen LogP contribution >= 0.6 is 11.3 Å². The van der Waals surface area contributed by atoms with Gasteiger partial charge in [0, 0.05) is 11.6 Å². The van der Waals surface area contributed by atoms with Crippen molar-refractivity contribution in [3.05, 3.63) is 35.3 Å². The highest BCUT2D eigenvalue weighted by Gasteiger charge is 2.26. The van der Waals surface area contributed by atoms with Gasteiger partial charge in [-0.2, -0.15) is 0 Å². The number of benzene rings is 1. The molecule has 0 saturated heterocycles. The van der Waals surface area contributed by atoms with Crippen LogP contribution < -0.4 is 5.32 Å². The monoisotopic (exact) mass is 332 g/mol. The summed E-state index contributed by atoms with van der Waals surface area (Å²) in [5, 5.41) is 20.9. The fraction of sp³-hybridized carbons (Fsp3) is 0.438. The molecule has 3 rings (SSSR count). The lowest BCUT2D eigenvalue weighted by Crippen LogP contribution is -2.43. The molecule has 6 nitrogen and oxygen atoms in total. The number of carbonyl (C=O) groups excluding carboxylic acids is 1. The van der Waals surface area contributed by atoms with Crippen LogP contribution in [0.25, 0.3) is 0 Å². The van der Waals surface area contributed by atoms with Crippen LogP contribution in [0.3, 0.4) is 0 Å². The summed E-state index contributed by atoms with van der Waals surface area (Å²) in [5.74, 6) is 0.219. The normalized spacial score (nSPS) is 15.3. The second-order valence-corrected chi connectivity index (χ2v) is 6.56. The second kappa shape index (κ2) is 7.41. The molecule has 0 unspecified atom stereocenters. The standard InChI is InChI=1S/C16H20N4O2S/c21-14-9-5-4-6-12(14)10-20(13-7-2-1-3-8-13)16(22)18-15-19-17-11-23-15/h4-6,9,11,13,21H,1-3,7-8,10H2,(H,18,19,22). The lowest BCUT2D eigenvalue weighted by Gasteiger charge is -2.34. The highest BCUT2D eigenvalue weighted by molar-refractivity contribution is 7.13. The second-order valence-electron chi connectivity index (χ2n) is 5.72. The van der Waals surface area contributed by atoms with Crippen molar-refractivity contribution < 1.29 is 9.90 Å². The van der Waals surface area contributed by atoms with Gasteiger partial charge in [-0.15, -0.1) is 10.2 Å².